The van der Waals surface area contributed by atoms with Crippen molar-refractivity contribution >= 4 is 30.7 Å². The minimum atomic E-state index is -0.325. The topological polar surface area (TPSA) is 44.4 Å². The lowest BCUT2D eigenvalue weighted by Gasteiger charge is -2.43. The van der Waals surface area contributed by atoms with Crippen LogP contribution in [0, 0.1) is 0 Å². The Labute approximate surface area is 132 Å². The summed E-state index contributed by atoms with van der Waals surface area (Å²) in [5.74, 6) is 0.186. The highest BCUT2D eigenvalue weighted by molar-refractivity contribution is 5.89. The van der Waals surface area contributed by atoms with E-state index in [1.165, 1.54) is 5.56 Å². The number of nitrogens with zero attached hydrogens (tertiary/aromatic N) is 1. The first-order valence-corrected chi connectivity index (χ1v) is 6.59. The predicted molar refractivity (Wildman–Crippen MR) is 84.6 cm³/mol. The standard InChI is InChI=1S/C14H19N3O.2ClH/c18-13-14(6-7-16-13)11-15-8-9-17(14)10-12-4-2-1-3-5-12;;/h1-5,15H,6-11H2,(H,16,18);2*1H. The van der Waals surface area contributed by atoms with E-state index in [1.807, 2.05) is 6.07 Å². The van der Waals surface area contributed by atoms with Crippen molar-refractivity contribution in [2.45, 2.75) is 18.5 Å². The molecule has 2 heterocycles. The van der Waals surface area contributed by atoms with Gasteiger partial charge in [-0.1, -0.05) is 30.3 Å². The molecule has 1 aromatic carbocycles. The molecule has 0 bridgehead atoms. The van der Waals surface area contributed by atoms with Gasteiger partial charge in [-0.2, -0.15) is 0 Å². The van der Waals surface area contributed by atoms with Gasteiger partial charge in [-0.3, -0.25) is 9.69 Å². The zero-order valence-electron chi connectivity index (χ0n) is 11.3. The maximum atomic E-state index is 12.2. The van der Waals surface area contributed by atoms with Gasteiger partial charge in [0.15, 0.2) is 0 Å². The molecule has 0 aromatic heterocycles. The number of carbonyl (C=O) groups is 1. The van der Waals surface area contributed by atoms with E-state index in [-0.39, 0.29) is 36.3 Å². The monoisotopic (exact) mass is 317 g/mol. The van der Waals surface area contributed by atoms with Crippen molar-refractivity contribution < 1.29 is 4.79 Å². The molecule has 1 unspecified atom stereocenters. The summed E-state index contributed by atoms with van der Waals surface area (Å²) in [4.78, 5) is 14.5. The van der Waals surface area contributed by atoms with Crippen LogP contribution >= 0.6 is 24.8 Å². The number of halogens is 2. The molecule has 1 atom stereocenters. The van der Waals surface area contributed by atoms with Crippen molar-refractivity contribution in [1.29, 1.82) is 0 Å². The third-order valence-corrected chi connectivity index (χ3v) is 4.04. The fraction of sp³-hybridized carbons (Fsp3) is 0.500. The molecule has 2 N–H and O–H groups in total. The molecule has 4 nitrogen and oxygen atoms in total. The Morgan fingerprint density at radius 3 is 2.55 bits per heavy atom. The van der Waals surface area contributed by atoms with Gasteiger partial charge in [0.05, 0.1) is 0 Å². The number of amides is 1. The van der Waals surface area contributed by atoms with Crippen LogP contribution < -0.4 is 10.6 Å². The Hall–Kier alpha value is -0.810. The molecule has 112 valence electrons. The summed E-state index contributed by atoms with van der Waals surface area (Å²) in [6.45, 7) is 4.32. The molecule has 2 aliphatic heterocycles. The molecular weight excluding hydrogens is 297 g/mol. The Morgan fingerprint density at radius 1 is 1.15 bits per heavy atom. The molecule has 0 radical (unpaired) electrons. The largest absolute Gasteiger partial charge is 0.354 e. The van der Waals surface area contributed by atoms with E-state index >= 15 is 0 Å². The number of hydrogen-bond donors (Lipinski definition) is 2. The van der Waals surface area contributed by atoms with Gasteiger partial charge >= 0.3 is 0 Å². The molecular formula is C14H21Cl2N3O. The van der Waals surface area contributed by atoms with E-state index in [1.54, 1.807) is 0 Å². The van der Waals surface area contributed by atoms with Crippen LogP contribution in [0.3, 0.4) is 0 Å². The van der Waals surface area contributed by atoms with Crippen molar-refractivity contribution in [2.24, 2.45) is 0 Å². The lowest BCUT2D eigenvalue weighted by atomic mass is 9.92. The summed E-state index contributed by atoms with van der Waals surface area (Å²) in [6.07, 6.45) is 0.908. The second-order valence-electron chi connectivity index (χ2n) is 5.12. The van der Waals surface area contributed by atoms with Crippen LogP contribution in [0.4, 0.5) is 0 Å². The highest BCUT2D eigenvalue weighted by Crippen LogP contribution is 2.27. The maximum Gasteiger partial charge on any atom is 0.241 e. The van der Waals surface area contributed by atoms with E-state index in [0.29, 0.717) is 0 Å². The van der Waals surface area contributed by atoms with E-state index in [2.05, 4.69) is 39.8 Å². The minimum Gasteiger partial charge on any atom is -0.354 e. The van der Waals surface area contributed by atoms with Crippen LogP contribution in [0.2, 0.25) is 0 Å². The molecule has 1 amide bonds. The van der Waals surface area contributed by atoms with Crippen LogP contribution in [-0.4, -0.2) is 42.5 Å². The number of carbonyl (C=O) groups excluding carboxylic acids is 1. The summed E-state index contributed by atoms with van der Waals surface area (Å²) < 4.78 is 0. The van der Waals surface area contributed by atoms with Crippen molar-refractivity contribution in [3.05, 3.63) is 35.9 Å². The zero-order valence-corrected chi connectivity index (χ0v) is 12.9. The molecule has 1 spiro atoms. The number of piperazine rings is 1. The molecule has 1 aromatic rings. The van der Waals surface area contributed by atoms with Gasteiger partial charge in [-0.25, -0.2) is 0 Å². The van der Waals surface area contributed by atoms with Gasteiger partial charge in [0.1, 0.15) is 5.54 Å². The Bertz CT molecular complexity index is 443. The Morgan fingerprint density at radius 2 is 1.90 bits per heavy atom. The summed E-state index contributed by atoms with van der Waals surface area (Å²) in [5, 5.41) is 6.34. The van der Waals surface area contributed by atoms with Crippen molar-refractivity contribution in [1.82, 2.24) is 15.5 Å². The molecule has 0 saturated carbocycles. The number of benzene rings is 1. The average molecular weight is 318 g/mol. The number of hydrogen-bond acceptors (Lipinski definition) is 3. The molecule has 2 saturated heterocycles. The van der Waals surface area contributed by atoms with Crippen LogP contribution in [0.5, 0.6) is 0 Å². The SMILES string of the molecule is Cl.Cl.O=C1NCCC12CNCCN2Cc1ccccc1. The van der Waals surface area contributed by atoms with E-state index in [0.717, 1.165) is 39.1 Å². The molecule has 20 heavy (non-hydrogen) atoms. The minimum absolute atomic E-state index is 0. The van der Waals surface area contributed by atoms with Crippen molar-refractivity contribution in [3.63, 3.8) is 0 Å². The molecule has 2 aliphatic rings. The van der Waals surface area contributed by atoms with Gasteiger partial charge in [0.2, 0.25) is 5.91 Å². The average Bonchev–Trinajstić information content (AvgIpc) is 2.76. The summed E-state index contributed by atoms with van der Waals surface area (Å²) in [7, 11) is 0. The van der Waals surface area contributed by atoms with Gasteiger partial charge in [-0.05, 0) is 12.0 Å². The molecule has 6 heteroatoms. The van der Waals surface area contributed by atoms with E-state index in [4.69, 9.17) is 0 Å². The normalized spacial score (nSPS) is 25.7. The fourth-order valence-electron chi connectivity index (χ4n) is 3.00. The van der Waals surface area contributed by atoms with Crippen molar-refractivity contribution in [3.8, 4) is 0 Å². The molecule has 0 aliphatic carbocycles. The van der Waals surface area contributed by atoms with E-state index < -0.39 is 0 Å². The lowest BCUT2D eigenvalue weighted by molar-refractivity contribution is -0.131. The highest BCUT2D eigenvalue weighted by Gasteiger charge is 2.48. The van der Waals surface area contributed by atoms with Crippen LogP contribution in [0.1, 0.15) is 12.0 Å². The van der Waals surface area contributed by atoms with Crippen LogP contribution in [0.25, 0.3) is 0 Å². The fourth-order valence-corrected chi connectivity index (χ4v) is 3.00. The second-order valence-corrected chi connectivity index (χ2v) is 5.12. The van der Waals surface area contributed by atoms with E-state index in [9.17, 15) is 4.79 Å². The van der Waals surface area contributed by atoms with Gasteiger partial charge < -0.3 is 10.6 Å². The van der Waals surface area contributed by atoms with Crippen LogP contribution in [0.15, 0.2) is 30.3 Å². The van der Waals surface area contributed by atoms with Gasteiger partial charge in [0, 0.05) is 32.7 Å². The third kappa shape index (κ3) is 3.09. The first-order chi connectivity index (χ1) is 8.81. The molecule has 2 fully saturated rings. The predicted octanol–water partition coefficient (Wildman–Crippen LogP) is 1.19. The summed E-state index contributed by atoms with van der Waals surface area (Å²) in [6, 6.07) is 10.4. The maximum absolute atomic E-state index is 12.2. The zero-order chi connectivity index (χ0) is 12.4. The second kappa shape index (κ2) is 7.27. The smallest absolute Gasteiger partial charge is 0.241 e. The summed E-state index contributed by atoms with van der Waals surface area (Å²) in [5.41, 5.74) is 0.951. The first-order valence-electron chi connectivity index (χ1n) is 6.59. The quantitative estimate of drug-likeness (QED) is 0.861. The third-order valence-electron chi connectivity index (χ3n) is 4.04. The van der Waals surface area contributed by atoms with Crippen LogP contribution in [-0.2, 0) is 11.3 Å². The Balaban J connectivity index is 0.000001000. The number of rotatable bonds is 2. The highest BCUT2D eigenvalue weighted by atomic mass is 35.5. The van der Waals surface area contributed by atoms with Gasteiger partial charge in [0.25, 0.3) is 0 Å². The lowest BCUT2D eigenvalue weighted by Crippen LogP contribution is -2.64. The first kappa shape index (κ1) is 17.2. The summed E-state index contributed by atoms with van der Waals surface area (Å²) >= 11 is 0. The molecule has 3 rings (SSSR count). The number of nitrogens with one attached hydrogen (secondary N) is 2. The van der Waals surface area contributed by atoms with Crippen molar-refractivity contribution in [2.75, 3.05) is 26.2 Å². The Kier molecular flexibility index (Phi) is 6.27. The van der Waals surface area contributed by atoms with Gasteiger partial charge in [-0.15, -0.1) is 24.8 Å².